The average molecular weight is 341 g/mol. The van der Waals surface area contributed by atoms with E-state index in [1.807, 2.05) is 6.07 Å². The SMILES string of the molecule is N#Cc1cc(Oc2c(F)cc3[nH]ccc3c2CCCCN)ccc1F. The predicted molar refractivity (Wildman–Crippen MR) is 91.4 cm³/mol. The Kier molecular flexibility index (Phi) is 4.96. The van der Waals surface area contributed by atoms with E-state index in [0.717, 1.165) is 29.9 Å². The molecule has 1 aromatic heterocycles. The zero-order valence-corrected chi connectivity index (χ0v) is 13.5. The van der Waals surface area contributed by atoms with Crippen LogP contribution in [0, 0.1) is 23.0 Å². The summed E-state index contributed by atoms with van der Waals surface area (Å²) in [7, 11) is 0. The third-order valence-corrected chi connectivity index (χ3v) is 4.03. The number of nitriles is 1. The number of H-pyrrole nitrogens is 1. The molecular formula is C19H17F2N3O. The van der Waals surface area contributed by atoms with Crippen LogP contribution in [0.2, 0.25) is 0 Å². The maximum Gasteiger partial charge on any atom is 0.168 e. The van der Waals surface area contributed by atoms with Crippen molar-refractivity contribution >= 4 is 10.9 Å². The molecule has 0 radical (unpaired) electrons. The third kappa shape index (κ3) is 3.47. The molecule has 0 saturated carbocycles. The van der Waals surface area contributed by atoms with Crippen molar-refractivity contribution in [1.82, 2.24) is 4.98 Å². The monoisotopic (exact) mass is 341 g/mol. The highest BCUT2D eigenvalue weighted by molar-refractivity contribution is 5.85. The van der Waals surface area contributed by atoms with Crippen LogP contribution in [0.5, 0.6) is 11.5 Å². The number of unbranched alkanes of at least 4 members (excludes halogenated alkanes) is 1. The maximum atomic E-state index is 14.6. The predicted octanol–water partition coefficient (Wildman–Crippen LogP) is 4.39. The largest absolute Gasteiger partial charge is 0.454 e. The molecular weight excluding hydrogens is 324 g/mol. The summed E-state index contributed by atoms with van der Waals surface area (Å²) in [6.45, 7) is 0.561. The second kappa shape index (κ2) is 7.32. The fourth-order valence-corrected chi connectivity index (χ4v) is 2.80. The van der Waals surface area contributed by atoms with Gasteiger partial charge in [0.05, 0.1) is 5.56 Å². The molecule has 3 rings (SSSR count). The van der Waals surface area contributed by atoms with Gasteiger partial charge in [-0.15, -0.1) is 0 Å². The highest BCUT2D eigenvalue weighted by atomic mass is 19.1. The van der Waals surface area contributed by atoms with E-state index in [1.165, 1.54) is 18.2 Å². The lowest BCUT2D eigenvalue weighted by Crippen LogP contribution is -2.01. The molecule has 0 aliphatic heterocycles. The van der Waals surface area contributed by atoms with Crippen molar-refractivity contribution in [2.75, 3.05) is 6.54 Å². The first-order valence-corrected chi connectivity index (χ1v) is 8.00. The van der Waals surface area contributed by atoms with E-state index in [9.17, 15) is 8.78 Å². The van der Waals surface area contributed by atoms with Crippen molar-refractivity contribution in [2.45, 2.75) is 19.3 Å². The van der Waals surface area contributed by atoms with E-state index in [1.54, 1.807) is 12.3 Å². The summed E-state index contributed by atoms with van der Waals surface area (Å²) < 4.78 is 33.8. The summed E-state index contributed by atoms with van der Waals surface area (Å²) in [5.74, 6) is -0.841. The van der Waals surface area contributed by atoms with E-state index in [-0.39, 0.29) is 17.1 Å². The van der Waals surface area contributed by atoms with E-state index in [4.69, 9.17) is 15.7 Å². The van der Waals surface area contributed by atoms with E-state index in [0.29, 0.717) is 18.5 Å². The maximum absolute atomic E-state index is 14.6. The van der Waals surface area contributed by atoms with Crippen LogP contribution in [0.15, 0.2) is 36.5 Å². The molecule has 128 valence electrons. The molecule has 0 fully saturated rings. The minimum Gasteiger partial charge on any atom is -0.454 e. The van der Waals surface area contributed by atoms with Crippen LogP contribution in [-0.2, 0) is 6.42 Å². The molecule has 0 aliphatic carbocycles. The summed E-state index contributed by atoms with van der Waals surface area (Å²) in [4.78, 5) is 3.00. The number of halogens is 2. The Labute approximate surface area is 143 Å². The lowest BCUT2D eigenvalue weighted by Gasteiger charge is -2.14. The van der Waals surface area contributed by atoms with Crippen LogP contribution >= 0.6 is 0 Å². The van der Waals surface area contributed by atoms with Gasteiger partial charge in [0.15, 0.2) is 11.6 Å². The number of rotatable bonds is 6. The summed E-state index contributed by atoms with van der Waals surface area (Å²) >= 11 is 0. The summed E-state index contributed by atoms with van der Waals surface area (Å²) in [5, 5.41) is 9.81. The molecule has 25 heavy (non-hydrogen) atoms. The number of nitrogens with one attached hydrogen (secondary N) is 1. The topological polar surface area (TPSA) is 74.8 Å². The van der Waals surface area contributed by atoms with Gasteiger partial charge in [0.25, 0.3) is 0 Å². The standard InChI is InChI=1S/C19H17F2N3O/c20-16-5-4-13(9-12(16)11-23)25-19-15(3-1-2-7-22)14-6-8-24-18(14)10-17(19)21/h4-6,8-10,24H,1-3,7,22H2. The van der Waals surface area contributed by atoms with Gasteiger partial charge in [-0.05, 0) is 44.0 Å². The van der Waals surface area contributed by atoms with Gasteiger partial charge < -0.3 is 15.5 Å². The number of ether oxygens (including phenoxy) is 1. The lowest BCUT2D eigenvalue weighted by molar-refractivity contribution is 0.435. The number of hydrogen-bond donors (Lipinski definition) is 2. The number of aryl methyl sites for hydroxylation is 1. The van der Waals surface area contributed by atoms with Crippen LogP contribution in [0.25, 0.3) is 10.9 Å². The highest BCUT2D eigenvalue weighted by Crippen LogP contribution is 2.35. The summed E-state index contributed by atoms with van der Waals surface area (Å²) in [5.41, 5.74) is 6.81. The van der Waals surface area contributed by atoms with Gasteiger partial charge in [0.2, 0.25) is 0 Å². The van der Waals surface area contributed by atoms with E-state index >= 15 is 0 Å². The van der Waals surface area contributed by atoms with Gasteiger partial charge in [-0.25, -0.2) is 8.78 Å². The Balaban J connectivity index is 2.03. The van der Waals surface area contributed by atoms with Crippen LogP contribution < -0.4 is 10.5 Å². The quantitative estimate of drug-likeness (QED) is 0.653. The zero-order valence-electron chi connectivity index (χ0n) is 13.5. The first kappa shape index (κ1) is 16.9. The van der Waals surface area contributed by atoms with Crippen molar-refractivity contribution in [3.05, 3.63) is 59.3 Å². The van der Waals surface area contributed by atoms with Crippen molar-refractivity contribution in [3.8, 4) is 17.6 Å². The van der Waals surface area contributed by atoms with Crippen LogP contribution in [0.4, 0.5) is 8.78 Å². The summed E-state index contributed by atoms with van der Waals surface area (Å²) in [6, 6.07) is 8.76. The minimum atomic E-state index is -0.639. The second-order valence-corrected chi connectivity index (χ2v) is 5.71. The normalized spacial score (nSPS) is 10.8. The van der Waals surface area contributed by atoms with Crippen molar-refractivity contribution < 1.29 is 13.5 Å². The van der Waals surface area contributed by atoms with Gasteiger partial charge in [0.1, 0.15) is 17.6 Å². The smallest absolute Gasteiger partial charge is 0.168 e. The van der Waals surface area contributed by atoms with Crippen molar-refractivity contribution in [1.29, 1.82) is 5.26 Å². The Morgan fingerprint density at radius 1 is 1.12 bits per heavy atom. The van der Waals surface area contributed by atoms with Crippen LogP contribution in [0.1, 0.15) is 24.0 Å². The molecule has 0 spiro atoms. The first-order chi connectivity index (χ1) is 12.1. The number of fused-ring (bicyclic) bond motifs is 1. The molecule has 2 aromatic carbocycles. The fraction of sp³-hybridized carbons (Fsp3) is 0.211. The van der Waals surface area contributed by atoms with Crippen molar-refractivity contribution in [2.24, 2.45) is 5.73 Å². The van der Waals surface area contributed by atoms with Crippen LogP contribution in [0.3, 0.4) is 0 Å². The van der Waals surface area contributed by atoms with Gasteiger partial charge in [-0.3, -0.25) is 0 Å². The van der Waals surface area contributed by atoms with Crippen LogP contribution in [-0.4, -0.2) is 11.5 Å². The molecule has 0 unspecified atom stereocenters. The number of aromatic amines is 1. The minimum absolute atomic E-state index is 0.0969. The van der Waals surface area contributed by atoms with E-state index < -0.39 is 11.6 Å². The Morgan fingerprint density at radius 3 is 2.72 bits per heavy atom. The molecule has 3 N–H and O–H groups in total. The fourth-order valence-electron chi connectivity index (χ4n) is 2.80. The number of nitrogens with two attached hydrogens (primary N) is 1. The molecule has 0 saturated heterocycles. The van der Waals surface area contributed by atoms with Gasteiger partial charge in [-0.1, -0.05) is 0 Å². The van der Waals surface area contributed by atoms with Gasteiger partial charge >= 0.3 is 0 Å². The summed E-state index contributed by atoms with van der Waals surface area (Å²) in [6.07, 6.45) is 3.96. The highest BCUT2D eigenvalue weighted by Gasteiger charge is 2.17. The second-order valence-electron chi connectivity index (χ2n) is 5.71. The third-order valence-electron chi connectivity index (χ3n) is 4.03. The van der Waals surface area contributed by atoms with Gasteiger partial charge in [-0.2, -0.15) is 5.26 Å². The number of benzene rings is 2. The lowest BCUT2D eigenvalue weighted by atomic mass is 10.0. The molecule has 0 atom stereocenters. The first-order valence-electron chi connectivity index (χ1n) is 8.00. The number of nitrogens with zero attached hydrogens (tertiary/aromatic N) is 1. The Hall–Kier alpha value is -2.91. The number of hydrogen-bond acceptors (Lipinski definition) is 3. The molecule has 0 amide bonds. The van der Waals surface area contributed by atoms with E-state index in [2.05, 4.69) is 4.98 Å². The molecule has 1 heterocycles. The van der Waals surface area contributed by atoms with Crippen molar-refractivity contribution in [3.63, 3.8) is 0 Å². The molecule has 0 bridgehead atoms. The Bertz CT molecular complexity index is 944. The molecule has 4 nitrogen and oxygen atoms in total. The number of aromatic nitrogens is 1. The molecule has 6 heteroatoms. The zero-order chi connectivity index (χ0) is 17.8. The molecule has 0 aliphatic rings. The van der Waals surface area contributed by atoms with Gasteiger partial charge in [0, 0.05) is 34.8 Å². The molecule has 3 aromatic rings. The average Bonchev–Trinajstić information content (AvgIpc) is 3.07. The Morgan fingerprint density at radius 2 is 1.96 bits per heavy atom.